The lowest BCUT2D eigenvalue weighted by Gasteiger charge is -2.34. The summed E-state index contributed by atoms with van der Waals surface area (Å²) in [4.78, 5) is 4.98. The second kappa shape index (κ2) is 6.87. The molecule has 0 N–H and O–H groups in total. The summed E-state index contributed by atoms with van der Waals surface area (Å²) < 4.78 is 7.15. The van der Waals surface area contributed by atoms with Crippen molar-refractivity contribution >= 4 is 0 Å². The lowest BCUT2D eigenvalue weighted by molar-refractivity contribution is 0.0948. The summed E-state index contributed by atoms with van der Waals surface area (Å²) >= 11 is 0. The molecule has 0 spiro atoms. The van der Waals surface area contributed by atoms with Crippen LogP contribution in [0.5, 0.6) is 0 Å². The number of rotatable bonds is 6. The monoisotopic (exact) mass is 252 g/mol. The Morgan fingerprint density at radius 2 is 1.78 bits per heavy atom. The van der Waals surface area contributed by atoms with Gasteiger partial charge in [0.25, 0.3) is 0 Å². The SMILES string of the molecule is COCCN1CCN(CCn2cc(C)cn2)CC1. The second-order valence-electron chi connectivity index (χ2n) is 4.96. The number of ether oxygens (including phenoxy) is 1. The number of hydrogen-bond donors (Lipinski definition) is 0. The molecule has 1 fully saturated rings. The van der Waals surface area contributed by atoms with Gasteiger partial charge in [0.2, 0.25) is 0 Å². The van der Waals surface area contributed by atoms with Crippen molar-refractivity contribution in [1.29, 1.82) is 0 Å². The molecule has 2 rings (SSSR count). The normalized spacial score (nSPS) is 18.3. The van der Waals surface area contributed by atoms with E-state index in [4.69, 9.17) is 4.74 Å². The first-order chi connectivity index (χ1) is 8.78. The van der Waals surface area contributed by atoms with Crippen molar-refractivity contribution < 1.29 is 4.74 Å². The Morgan fingerprint density at radius 3 is 2.33 bits per heavy atom. The molecular formula is C13H24N4O. The Morgan fingerprint density at radius 1 is 1.11 bits per heavy atom. The molecule has 0 radical (unpaired) electrons. The maximum atomic E-state index is 5.11. The highest BCUT2D eigenvalue weighted by atomic mass is 16.5. The Balaban J connectivity index is 1.64. The van der Waals surface area contributed by atoms with Crippen LogP contribution >= 0.6 is 0 Å². The first-order valence-electron chi connectivity index (χ1n) is 6.70. The summed E-state index contributed by atoms with van der Waals surface area (Å²) in [5.41, 5.74) is 1.24. The maximum absolute atomic E-state index is 5.11. The number of hydrogen-bond acceptors (Lipinski definition) is 4. The van der Waals surface area contributed by atoms with Gasteiger partial charge in [0.1, 0.15) is 0 Å². The van der Waals surface area contributed by atoms with E-state index in [9.17, 15) is 0 Å². The third-order valence-electron chi connectivity index (χ3n) is 3.48. The highest BCUT2D eigenvalue weighted by molar-refractivity contribution is 4.99. The summed E-state index contributed by atoms with van der Waals surface area (Å²) in [5, 5.41) is 4.32. The number of piperazine rings is 1. The zero-order valence-electron chi connectivity index (χ0n) is 11.5. The first-order valence-corrected chi connectivity index (χ1v) is 6.70. The molecular weight excluding hydrogens is 228 g/mol. The molecule has 1 saturated heterocycles. The average Bonchev–Trinajstić information content (AvgIpc) is 2.81. The van der Waals surface area contributed by atoms with E-state index in [1.807, 2.05) is 10.9 Å². The van der Waals surface area contributed by atoms with Gasteiger partial charge in [0, 0.05) is 52.6 Å². The first kappa shape index (κ1) is 13.5. The van der Waals surface area contributed by atoms with E-state index in [0.29, 0.717) is 0 Å². The van der Waals surface area contributed by atoms with Crippen LogP contribution in [0.15, 0.2) is 12.4 Å². The van der Waals surface area contributed by atoms with Crippen LogP contribution in [0, 0.1) is 6.92 Å². The molecule has 0 bridgehead atoms. The Kier molecular flexibility index (Phi) is 5.16. The lowest BCUT2D eigenvalue weighted by Crippen LogP contribution is -2.47. The Labute approximate surface area is 109 Å². The molecule has 1 aromatic rings. The van der Waals surface area contributed by atoms with Crippen LogP contribution in [0.4, 0.5) is 0 Å². The predicted octanol–water partition coefficient (Wildman–Crippen LogP) is 0.456. The van der Waals surface area contributed by atoms with Gasteiger partial charge in [-0.25, -0.2) is 0 Å². The molecule has 18 heavy (non-hydrogen) atoms. The van der Waals surface area contributed by atoms with E-state index >= 15 is 0 Å². The van der Waals surface area contributed by atoms with Crippen molar-refractivity contribution in [2.24, 2.45) is 0 Å². The topological polar surface area (TPSA) is 33.5 Å². The minimum absolute atomic E-state index is 0.840. The molecule has 5 nitrogen and oxygen atoms in total. The fourth-order valence-corrected chi connectivity index (χ4v) is 2.29. The van der Waals surface area contributed by atoms with E-state index in [0.717, 1.165) is 52.4 Å². The summed E-state index contributed by atoms with van der Waals surface area (Å²) in [6, 6.07) is 0. The van der Waals surface area contributed by atoms with Crippen LogP contribution in [0.1, 0.15) is 5.56 Å². The standard InChI is InChI=1S/C13H24N4O/c1-13-11-14-17(12-13)8-7-15-3-5-16(6-4-15)9-10-18-2/h11-12H,3-10H2,1-2H3. The minimum atomic E-state index is 0.840. The summed E-state index contributed by atoms with van der Waals surface area (Å²) in [7, 11) is 1.77. The van der Waals surface area contributed by atoms with Crippen LogP contribution in [0.25, 0.3) is 0 Å². The van der Waals surface area contributed by atoms with Crippen LogP contribution in [-0.4, -0.2) is 72.6 Å². The maximum Gasteiger partial charge on any atom is 0.0589 e. The second-order valence-corrected chi connectivity index (χ2v) is 4.96. The fourth-order valence-electron chi connectivity index (χ4n) is 2.29. The van der Waals surface area contributed by atoms with Crippen LogP contribution in [0.2, 0.25) is 0 Å². The fraction of sp³-hybridized carbons (Fsp3) is 0.769. The molecule has 5 heteroatoms. The van der Waals surface area contributed by atoms with Gasteiger partial charge in [0.05, 0.1) is 19.3 Å². The van der Waals surface area contributed by atoms with E-state index in [-0.39, 0.29) is 0 Å². The van der Waals surface area contributed by atoms with Crippen LogP contribution in [-0.2, 0) is 11.3 Å². The molecule has 0 saturated carbocycles. The summed E-state index contributed by atoms with van der Waals surface area (Å²) in [6.45, 7) is 10.7. The largest absolute Gasteiger partial charge is 0.383 e. The molecule has 0 atom stereocenters. The molecule has 1 aliphatic rings. The summed E-state index contributed by atoms with van der Waals surface area (Å²) in [6.07, 6.45) is 4.03. The Hall–Kier alpha value is -0.910. The zero-order chi connectivity index (χ0) is 12.8. The minimum Gasteiger partial charge on any atom is -0.383 e. The molecule has 1 aliphatic heterocycles. The number of methoxy groups -OCH3 is 1. The number of nitrogens with zero attached hydrogens (tertiary/aromatic N) is 4. The van der Waals surface area contributed by atoms with Gasteiger partial charge in [-0.05, 0) is 12.5 Å². The molecule has 102 valence electrons. The predicted molar refractivity (Wildman–Crippen MR) is 71.7 cm³/mol. The smallest absolute Gasteiger partial charge is 0.0589 e. The van der Waals surface area contributed by atoms with Gasteiger partial charge < -0.3 is 4.74 Å². The lowest BCUT2D eigenvalue weighted by atomic mass is 10.3. The van der Waals surface area contributed by atoms with Crippen molar-refractivity contribution in [1.82, 2.24) is 19.6 Å². The van der Waals surface area contributed by atoms with Gasteiger partial charge >= 0.3 is 0 Å². The van der Waals surface area contributed by atoms with Gasteiger partial charge in [0.15, 0.2) is 0 Å². The molecule has 2 heterocycles. The van der Waals surface area contributed by atoms with Gasteiger partial charge in [-0.2, -0.15) is 5.10 Å². The van der Waals surface area contributed by atoms with E-state index in [1.165, 1.54) is 5.56 Å². The van der Waals surface area contributed by atoms with Gasteiger partial charge in [-0.3, -0.25) is 14.5 Å². The summed E-state index contributed by atoms with van der Waals surface area (Å²) in [5.74, 6) is 0. The third kappa shape index (κ3) is 4.08. The van der Waals surface area contributed by atoms with Crippen LogP contribution in [0.3, 0.4) is 0 Å². The molecule has 1 aromatic heterocycles. The number of aryl methyl sites for hydroxylation is 1. The van der Waals surface area contributed by atoms with E-state index in [2.05, 4.69) is 28.0 Å². The Bertz CT molecular complexity index is 345. The van der Waals surface area contributed by atoms with Gasteiger partial charge in [-0.1, -0.05) is 0 Å². The number of aromatic nitrogens is 2. The van der Waals surface area contributed by atoms with Gasteiger partial charge in [-0.15, -0.1) is 0 Å². The molecule has 0 amide bonds. The highest BCUT2D eigenvalue weighted by Gasteiger charge is 2.15. The third-order valence-corrected chi connectivity index (χ3v) is 3.48. The molecule has 0 unspecified atom stereocenters. The van der Waals surface area contributed by atoms with Crippen molar-refractivity contribution in [3.8, 4) is 0 Å². The highest BCUT2D eigenvalue weighted by Crippen LogP contribution is 2.02. The van der Waals surface area contributed by atoms with E-state index < -0.39 is 0 Å². The van der Waals surface area contributed by atoms with Crippen molar-refractivity contribution in [3.05, 3.63) is 18.0 Å². The van der Waals surface area contributed by atoms with Crippen molar-refractivity contribution in [3.63, 3.8) is 0 Å². The average molecular weight is 252 g/mol. The van der Waals surface area contributed by atoms with Crippen molar-refractivity contribution in [2.75, 3.05) is 53.0 Å². The van der Waals surface area contributed by atoms with Crippen LogP contribution < -0.4 is 0 Å². The zero-order valence-corrected chi connectivity index (χ0v) is 11.5. The quantitative estimate of drug-likeness (QED) is 0.736. The van der Waals surface area contributed by atoms with Crippen molar-refractivity contribution in [2.45, 2.75) is 13.5 Å². The molecule has 0 aromatic carbocycles. The molecule has 0 aliphatic carbocycles. The van der Waals surface area contributed by atoms with E-state index in [1.54, 1.807) is 7.11 Å².